The third-order valence-electron chi connectivity index (χ3n) is 5.87. The number of anilines is 1. The van der Waals surface area contributed by atoms with Crippen LogP contribution in [-0.4, -0.2) is 29.3 Å². The molecular formula is C24H18ClF5N4O3. The molecule has 0 fully saturated rings. The van der Waals surface area contributed by atoms with Gasteiger partial charge in [0, 0.05) is 23.2 Å². The summed E-state index contributed by atoms with van der Waals surface area (Å²) in [5.41, 5.74) is -1.94. The Morgan fingerprint density at radius 2 is 1.73 bits per heavy atom. The fraction of sp³-hybridized carbons (Fsp3) is 0.208. The number of rotatable bonds is 4. The predicted octanol–water partition coefficient (Wildman–Crippen LogP) is 4.83. The van der Waals surface area contributed by atoms with Crippen molar-refractivity contribution in [2.45, 2.75) is 25.2 Å². The SMILES string of the molecule is CNC(=O)c1cc(NC(=O)c2cc(F)cc(C(F)(F)F)c2)c2n1[C@H](C)C(=O)N[C@@H]2c1cc(F)ccc1Cl. The second-order valence-corrected chi connectivity index (χ2v) is 8.65. The average Bonchev–Trinajstić information content (AvgIpc) is 3.20. The van der Waals surface area contributed by atoms with E-state index in [2.05, 4.69) is 16.0 Å². The third kappa shape index (κ3) is 4.88. The van der Waals surface area contributed by atoms with Crippen LogP contribution in [0.25, 0.3) is 0 Å². The molecule has 3 amide bonds. The topological polar surface area (TPSA) is 92.2 Å². The van der Waals surface area contributed by atoms with Gasteiger partial charge in [0.25, 0.3) is 11.8 Å². The molecule has 1 aliphatic heterocycles. The van der Waals surface area contributed by atoms with Crippen molar-refractivity contribution in [3.63, 3.8) is 0 Å². The van der Waals surface area contributed by atoms with E-state index in [-0.39, 0.29) is 33.7 Å². The largest absolute Gasteiger partial charge is 0.416 e. The van der Waals surface area contributed by atoms with Gasteiger partial charge in [-0.25, -0.2) is 8.78 Å². The molecule has 2 atom stereocenters. The van der Waals surface area contributed by atoms with Gasteiger partial charge in [0.2, 0.25) is 5.91 Å². The van der Waals surface area contributed by atoms with Gasteiger partial charge in [-0.3, -0.25) is 14.4 Å². The molecule has 3 N–H and O–H groups in total. The van der Waals surface area contributed by atoms with Crippen LogP contribution in [0, 0.1) is 11.6 Å². The number of amides is 3. The van der Waals surface area contributed by atoms with E-state index >= 15 is 0 Å². The standard InChI is InChI=1S/C24H18ClF5N4O3/c1-10-21(35)33-19(15-8-13(26)3-4-16(15)25)20-17(9-18(34(10)20)23(37)31-2)32-22(36)11-5-12(24(28,29)30)7-14(27)6-11/h3-10,19H,1-2H3,(H,31,37)(H,32,36)(H,33,35)/t10-,19-/m1/s1. The molecule has 0 aliphatic carbocycles. The van der Waals surface area contributed by atoms with Crippen LogP contribution < -0.4 is 16.0 Å². The molecule has 4 rings (SSSR count). The van der Waals surface area contributed by atoms with Crippen LogP contribution in [0.2, 0.25) is 5.02 Å². The van der Waals surface area contributed by atoms with Gasteiger partial charge in [0.15, 0.2) is 0 Å². The summed E-state index contributed by atoms with van der Waals surface area (Å²) < 4.78 is 68.8. The zero-order valence-corrected chi connectivity index (χ0v) is 19.9. The number of hydrogen-bond acceptors (Lipinski definition) is 3. The molecule has 2 heterocycles. The Labute approximate surface area is 211 Å². The lowest BCUT2D eigenvalue weighted by atomic mass is 9.99. The highest BCUT2D eigenvalue weighted by Crippen LogP contribution is 2.40. The Balaban J connectivity index is 1.88. The summed E-state index contributed by atoms with van der Waals surface area (Å²) in [6.45, 7) is 1.47. The minimum absolute atomic E-state index is 0.0627. The number of halogens is 6. The van der Waals surface area contributed by atoms with Gasteiger partial charge in [-0.15, -0.1) is 0 Å². The van der Waals surface area contributed by atoms with E-state index in [1.807, 2.05) is 0 Å². The Kier molecular flexibility index (Phi) is 6.72. The Bertz CT molecular complexity index is 1440. The predicted molar refractivity (Wildman–Crippen MR) is 123 cm³/mol. The van der Waals surface area contributed by atoms with Gasteiger partial charge in [-0.2, -0.15) is 13.2 Å². The molecule has 1 aromatic heterocycles. The van der Waals surface area contributed by atoms with Crippen molar-refractivity contribution in [2.75, 3.05) is 12.4 Å². The number of fused-ring (bicyclic) bond motifs is 1. The van der Waals surface area contributed by atoms with Gasteiger partial charge in [-0.1, -0.05) is 11.6 Å². The quantitative estimate of drug-likeness (QED) is 0.414. The highest BCUT2D eigenvalue weighted by atomic mass is 35.5. The first-order valence-corrected chi connectivity index (χ1v) is 11.1. The van der Waals surface area contributed by atoms with Crippen LogP contribution in [0.3, 0.4) is 0 Å². The highest BCUT2D eigenvalue weighted by Gasteiger charge is 2.38. The zero-order chi connectivity index (χ0) is 27.2. The van der Waals surface area contributed by atoms with Crippen LogP contribution in [0.5, 0.6) is 0 Å². The monoisotopic (exact) mass is 540 g/mol. The number of carbonyl (C=O) groups is 3. The normalized spacial score (nSPS) is 17.1. The smallest absolute Gasteiger partial charge is 0.354 e. The summed E-state index contributed by atoms with van der Waals surface area (Å²) >= 11 is 6.27. The van der Waals surface area contributed by atoms with E-state index in [0.29, 0.717) is 12.1 Å². The summed E-state index contributed by atoms with van der Waals surface area (Å²) in [7, 11) is 1.33. The maximum atomic E-state index is 14.1. The van der Waals surface area contributed by atoms with Crippen molar-refractivity contribution in [1.29, 1.82) is 0 Å². The molecule has 0 bridgehead atoms. The summed E-state index contributed by atoms with van der Waals surface area (Å²) in [5, 5.41) is 7.53. The maximum Gasteiger partial charge on any atom is 0.416 e. The molecular weight excluding hydrogens is 523 g/mol. The van der Waals surface area contributed by atoms with Gasteiger partial charge in [-0.05, 0) is 49.4 Å². The van der Waals surface area contributed by atoms with Crippen molar-refractivity contribution in [3.8, 4) is 0 Å². The van der Waals surface area contributed by atoms with E-state index in [0.717, 1.165) is 12.1 Å². The average molecular weight is 541 g/mol. The third-order valence-corrected chi connectivity index (χ3v) is 6.21. The fourth-order valence-corrected chi connectivity index (χ4v) is 4.37. The van der Waals surface area contributed by atoms with Crippen molar-refractivity contribution >= 4 is 35.0 Å². The second-order valence-electron chi connectivity index (χ2n) is 8.24. The van der Waals surface area contributed by atoms with E-state index in [1.165, 1.54) is 30.7 Å². The molecule has 37 heavy (non-hydrogen) atoms. The molecule has 0 spiro atoms. The van der Waals surface area contributed by atoms with E-state index < -0.39 is 58.7 Å². The van der Waals surface area contributed by atoms with Crippen LogP contribution in [0.1, 0.15) is 56.7 Å². The summed E-state index contributed by atoms with van der Waals surface area (Å²) in [4.78, 5) is 38.4. The molecule has 1 aliphatic rings. The lowest BCUT2D eigenvalue weighted by Gasteiger charge is -2.33. The number of nitrogens with one attached hydrogen (secondary N) is 3. The Morgan fingerprint density at radius 3 is 2.38 bits per heavy atom. The molecule has 3 aromatic rings. The van der Waals surface area contributed by atoms with Gasteiger partial charge < -0.3 is 20.5 Å². The lowest BCUT2D eigenvalue weighted by Crippen LogP contribution is -2.43. The molecule has 2 aromatic carbocycles. The molecule has 13 heteroatoms. The minimum atomic E-state index is -4.90. The molecule has 0 unspecified atom stereocenters. The minimum Gasteiger partial charge on any atom is -0.354 e. The fourth-order valence-electron chi connectivity index (χ4n) is 4.14. The second kappa shape index (κ2) is 9.51. The van der Waals surface area contributed by atoms with Crippen molar-refractivity contribution in [1.82, 2.24) is 15.2 Å². The van der Waals surface area contributed by atoms with Crippen molar-refractivity contribution in [3.05, 3.63) is 87.2 Å². The lowest BCUT2D eigenvalue weighted by molar-refractivity contribution is -0.137. The maximum absolute atomic E-state index is 14.1. The van der Waals surface area contributed by atoms with E-state index in [1.54, 1.807) is 0 Å². The van der Waals surface area contributed by atoms with Gasteiger partial charge in [0.05, 0.1) is 23.0 Å². The summed E-state index contributed by atoms with van der Waals surface area (Å²) in [6.07, 6.45) is -4.90. The molecule has 0 radical (unpaired) electrons. The van der Waals surface area contributed by atoms with Gasteiger partial charge >= 0.3 is 6.18 Å². The number of benzene rings is 2. The van der Waals surface area contributed by atoms with Crippen molar-refractivity contribution < 1.29 is 36.3 Å². The number of hydrogen-bond donors (Lipinski definition) is 3. The Morgan fingerprint density at radius 1 is 1.03 bits per heavy atom. The number of nitrogens with zero attached hydrogens (tertiary/aromatic N) is 1. The number of aromatic nitrogens is 1. The molecule has 194 valence electrons. The zero-order valence-electron chi connectivity index (χ0n) is 19.1. The van der Waals surface area contributed by atoms with Crippen LogP contribution in [0.4, 0.5) is 27.6 Å². The number of carbonyl (C=O) groups excluding carboxylic acids is 3. The first-order chi connectivity index (χ1) is 17.3. The van der Waals surface area contributed by atoms with Crippen LogP contribution in [-0.2, 0) is 11.0 Å². The Hall–Kier alpha value is -3.93. The van der Waals surface area contributed by atoms with Crippen LogP contribution >= 0.6 is 11.6 Å². The van der Waals surface area contributed by atoms with Crippen molar-refractivity contribution in [2.24, 2.45) is 0 Å². The molecule has 7 nitrogen and oxygen atoms in total. The number of alkyl halides is 3. The highest BCUT2D eigenvalue weighted by molar-refractivity contribution is 6.31. The molecule has 0 saturated carbocycles. The van der Waals surface area contributed by atoms with Gasteiger partial charge in [0.1, 0.15) is 23.4 Å². The molecule has 0 saturated heterocycles. The summed E-state index contributed by atoms with van der Waals surface area (Å²) in [5.74, 6) is -4.26. The van der Waals surface area contributed by atoms with E-state index in [9.17, 15) is 36.3 Å². The first-order valence-electron chi connectivity index (χ1n) is 10.7. The van der Waals surface area contributed by atoms with E-state index in [4.69, 9.17) is 11.6 Å². The first kappa shape index (κ1) is 26.1. The summed E-state index contributed by atoms with van der Waals surface area (Å²) in [6, 6.07) is 3.86. The van der Waals surface area contributed by atoms with Crippen LogP contribution in [0.15, 0.2) is 42.5 Å².